The summed E-state index contributed by atoms with van der Waals surface area (Å²) in [7, 11) is 1.61. The fourth-order valence-electron chi connectivity index (χ4n) is 2.59. The molecular weight excluding hydrogens is 252 g/mol. The molecule has 0 bridgehead atoms. The predicted octanol–water partition coefficient (Wildman–Crippen LogP) is 2.93. The van der Waals surface area contributed by atoms with E-state index in [0.29, 0.717) is 17.5 Å². The summed E-state index contributed by atoms with van der Waals surface area (Å²) in [5.74, 6) is 0.0461. The van der Waals surface area contributed by atoms with Crippen molar-refractivity contribution in [3.05, 3.63) is 65.2 Å². The number of hydrogen-bond acceptors (Lipinski definition) is 3. The summed E-state index contributed by atoms with van der Waals surface area (Å²) in [4.78, 5) is 24.6. The Hall–Kier alpha value is -2.42. The number of carbonyl (C=O) groups excluding carboxylic acids is 2. The smallest absolute Gasteiger partial charge is 0.174 e. The van der Waals surface area contributed by atoms with E-state index in [1.807, 2.05) is 24.3 Å². The van der Waals surface area contributed by atoms with Gasteiger partial charge in [-0.1, -0.05) is 36.4 Å². The van der Waals surface area contributed by atoms with Gasteiger partial charge in [0, 0.05) is 11.1 Å². The Morgan fingerprint density at radius 1 is 0.900 bits per heavy atom. The number of carbonyl (C=O) groups is 2. The van der Waals surface area contributed by atoms with Crippen molar-refractivity contribution in [3.63, 3.8) is 0 Å². The molecule has 1 aliphatic carbocycles. The topological polar surface area (TPSA) is 43.4 Å². The van der Waals surface area contributed by atoms with Crippen molar-refractivity contribution < 1.29 is 14.3 Å². The molecule has 100 valence electrons. The lowest BCUT2D eigenvalue weighted by Crippen LogP contribution is -2.17. The van der Waals surface area contributed by atoms with Crippen LogP contribution in [0, 0.1) is 5.92 Å². The van der Waals surface area contributed by atoms with Crippen molar-refractivity contribution >= 4 is 11.6 Å². The third-order valence-electron chi connectivity index (χ3n) is 3.69. The first-order valence-corrected chi connectivity index (χ1v) is 6.51. The molecule has 1 aliphatic rings. The van der Waals surface area contributed by atoms with Gasteiger partial charge in [0.05, 0.1) is 13.0 Å². The Balaban J connectivity index is 1.85. The minimum absolute atomic E-state index is 0.0681. The fraction of sp³-hybridized carbons (Fsp3) is 0.176. The highest BCUT2D eigenvalue weighted by Gasteiger charge is 2.37. The molecule has 0 spiro atoms. The summed E-state index contributed by atoms with van der Waals surface area (Å²) in [6.07, 6.45) is 0.441. The van der Waals surface area contributed by atoms with E-state index in [0.717, 1.165) is 11.3 Å². The molecule has 0 N–H and O–H groups in total. The van der Waals surface area contributed by atoms with Crippen molar-refractivity contribution in [1.29, 1.82) is 0 Å². The summed E-state index contributed by atoms with van der Waals surface area (Å²) < 4.78 is 5.10. The molecule has 0 atom stereocenters. The number of ketones is 2. The molecule has 3 nitrogen and oxygen atoms in total. The molecule has 3 rings (SSSR count). The molecule has 0 radical (unpaired) electrons. The van der Waals surface area contributed by atoms with Crippen LogP contribution in [0.15, 0.2) is 48.5 Å². The van der Waals surface area contributed by atoms with E-state index in [1.54, 1.807) is 31.4 Å². The van der Waals surface area contributed by atoms with Crippen LogP contribution in [-0.2, 0) is 6.42 Å². The molecule has 0 saturated carbocycles. The fourth-order valence-corrected chi connectivity index (χ4v) is 2.59. The first kappa shape index (κ1) is 12.6. The lowest BCUT2D eigenvalue weighted by Gasteiger charge is -2.07. The maximum Gasteiger partial charge on any atom is 0.174 e. The molecule has 0 aromatic heterocycles. The molecule has 3 heteroatoms. The monoisotopic (exact) mass is 266 g/mol. The van der Waals surface area contributed by atoms with E-state index in [2.05, 4.69) is 0 Å². The second kappa shape index (κ2) is 4.93. The van der Waals surface area contributed by atoms with Gasteiger partial charge in [-0.25, -0.2) is 0 Å². The maximum atomic E-state index is 12.3. The quantitative estimate of drug-likeness (QED) is 0.802. The van der Waals surface area contributed by atoms with Crippen LogP contribution < -0.4 is 4.74 Å². The van der Waals surface area contributed by atoms with E-state index in [-0.39, 0.29) is 11.6 Å². The molecule has 0 aliphatic heterocycles. The highest BCUT2D eigenvalue weighted by molar-refractivity contribution is 6.26. The molecule has 0 unspecified atom stereocenters. The zero-order valence-corrected chi connectivity index (χ0v) is 11.1. The molecule has 0 saturated heterocycles. The average molecular weight is 266 g/mol. The summed E-state index contributed by atoms with van der Waals surface area (Å²) in [5.41, 5.74) is 2.07. The van der Waals surface area contributed by atoms with Gasteiger partial charge in [-0.2, -0.15) is 0 Å². The van der Waals surface area contributed by atoms with Gasteiger partial charge in [-0.15, -0.1) is 0 Å². The molecule has 0 heterocycles. The Kier molecular flexibility index (Phi) is 3.11. The largest absolute Gasteiger partial charge is 0.497 e. The normalized spacial score (nSPS) is 14.4. The van der Waals surface area contributed by atoms with Crippen LogP contribution in [0.5, 0.6) is 5.75 Å². The zero-order chi connectivity index (χ0) is 14.1. The second-order valence-corrected chi connectivity index (χ2v) is 4.88. The van der Waals surface area contributed by atoms with Crippen molar-refractivity contribution in [2.45, 2.75) is 6.42 Å². The summed E-state index contributed by atoms with van der Waals surface area (Å²) in [6.45, 7) is 0. The number of methoxy groups -OCH3 is 1. The summed E-state index contributed by atoms with van der Waals surface area (Å²) in [5, 5.41) is 0. The molecule has 20 heavy (non-hydrogen) atoms. The van der Waals surface area contributed by atoms with Crippen LogP contribution in [0.4, 0.5) is 0 Å². The summed E-state index contributed by atoms with van der Waals surface area (Å²) >= 11 is 0. The average Bonchev–Trinajstić information content (AvgIpc) is 2.74. The molecule has 2 aromatic carbocycles. The first-order valence-electron chi connectivity index (χ1n) is 6.51. The number of hydrogen-bond donors (Lipinski definition) is 0. The third-order valence-corrected chi connectivity index (χ3v) is 3.69. The van der Waals surface area contributed by atoms with Gasteiger partial charge in [-0.3, -0.25) is 9.59 Å². The van der Waals surface area contributed by atoms with E-state index in [9.17, 15) is 9.59 Å². The SMILES string of the molecule is COc1ccc(CC2C(=O)c3ccccc3C2=O)cc1. The number of fused-ring (bicyclic) bond motifs is 1. The zero-order valence-electron chi connectivity index (χ0n) is 11.1. The lowest BCUT2D eigenvalue weighted by atomic mass is 9.95. The van der Waals surface area contributed by atoms with Gasteiger partial charge in [0.15, 0.2) is 11.6 Å². The number of benzene rings is 2. The number of ether oxygens (including phenoxy) is 1. The highest BCUT2D eigenvalue weighted by atomic mass is 16.5. The van der Waals surface area contributed by atoms with Crippen molar-refractivity contribution in [2.75, 3.05) is 7.11 Å². The van der Waals surface area contributed by atoms with Crippen LogP contribution in [0.2, 0.25) is 0 Å². The van der Waals surface area contributed by atoms with Gasteiger partial charge < -0.3 is 4.74 Å². The van der Waals surface area contributed by atoms with Crippen LogP contribution >= 0.6 is 0 Å². The maximum absolute atomic E-state index is 12.3. The lowest BCUT2D eigenvalue weighted by molar-refractivity contribution is 0.0838. The van der Waals surface area contributed by atoms with Crippen LogP contribution in [-0.4, -0.2) is 18.7 Å². The van der Waals surface area contributed by atoms with E-state index >= 15 is 0 Å². The van der Waals surface area contributed by atoms with Crippen molar-refractivity contribution in [1.82, 2.24) is 0 Å². The van der Waals surface area contributed by atoms with Crippen molar-refractivity contribution in [3.8, 4) is 5.75 Å². The van der Waals surface area contributed by atoms with Crippen LogP contribution in [0.1, 0.15) is 26.3 Å². The summed E-state index contributed by atoms with van der Waals surface area (Å²) in [6, 6.07) is 14.5. The molecule has 2 aromatic rings. The van der Waals surface area contributed by atoms with Gasteiger partial charge in [-0.05, 0) is 24.1 Å². The van der Waals surface area contributed by atoms with Crippen LogP contribution in [0.25, 0.3) is 0 Å². The standard InChI is InChI=1S/C17H14O3/c1-20-12-8-6-11(7-9-12)10-15-16(18)13-4-2-3-5-14(13)17(15)19/h2-9,15H,10H2,1H3. The molecular formula is C17H14O3. The number of Topliss-reactive ketones (excluding diaryl/α,β-unsaturated/α-hetero) is 2. The molecule has 0 fully saturated rings. The van der Waals surface area contributed by atoms with Crippen molar-refractivity contribution in [2.24, 2.45) is 5.92 Å². The Morgan fingerprint density at radius 3 is 1.95 bits per heavy atom. The minimum Gasteiger partial charge on any atom is -0.497 e. The van der Waals surface area contributed by atoms with Gasteiger partial charge in [0.1, 0.15) is 5.75 Å². The highest BCUT2D eigenvalue weighted by Crippen LogP contribution is 2.29. The third kappa shape index (κ3) is 2.01. The Bertz CT molecular complexity index is 636. The Labute approximate surface area is 117 Å². The minimum atomic E-state index is -0.583. The predicted molar refractivity (Wildman–Crippen MR) is 75.3 cm³/mol. The number of rotatable bonds is 3. The van der Waals surface area contributed by atoms with Gasteiger partial charge >= 0.3 is 0 Å². The Morgan fingerprint density at radius 2 is 1.45 bits per heavy atom. The molecule has 0 amide bonds. The van der Waals surface area contributed by atoms with Gasteiger partial charge in [0.25, 0.3) is 0 Å². The van der Waals surface area contributed by atoms with E-state index in [4.69, 9.17) is 4.74 Å². The van der Waals surface area contributed by atoms with Crippen LogP contribution in [0.3, 0.4) is 0 Å². The first-order chi connectivity index (χ1) is 9.70. The van der Waals surface area contributed by atoms with Gasteiger partial charge in [0.2, 0.25) is 0 Å². The van der Waals surface area contributed by atoms with E-state index < -0.39 is 5.92 Å². The second-order valence-electron chi connectivity index (χ2n) is 4.88. The van der Waals surface area contributed by atoms with E-state index in [1.165, 1.54) is 0 Å².